The first-order valence-electron chi connectivity index (χ1n) is 4.38. The number of hydrogen-bond acceptors (Lipinski definition) is 6. The Bertz CT molecular complexity index is 553. The summed E-state index contributed by atoms with van der Waals surface area (Å²) in [4.78, 5) is 24.1. The van der Waals surface area contributed by atoms with Crippen molar-refractivity contribution >= 4 is 11.7 Å². The molecule has 0 aliphatic carbocycles. The number of hydrogen-bond donors (Lipinski definition) is 0. The number of nitro groups is 1. The minimum Gasteiger partial charge on any atom is -0.465 e. The van der Waals surface area contributed by atoms with Gasteiger partial charge in [0.15, 0.2) is 5.56 Å². The maximum atomic E-state index is 12.7. The van der Waals surface area contributed by atoms with E-state index in [2.05, 4.69) is 9.72 Å². The molecule has 0 saturated heterocycles. The second-order valence-corrected chi connectivity index (χ2v) is 2.95. The molecule has 0 aliphatic rings. The molecule has 1 aromatic heterocycles. The first-order valence-corrected chi connectivity index (χ1v) is 4.38. The van der Waals surface area contributed by atoms with Crippen molar-refractivity contribution in [1.82, 2.24) is 4.98 Å². The number of halogens is 2. The highest BCUT2D eigenvalue weighted by molar-refractivity contribution is 5.95. The summed E-state index contributed by atoms with van der Waals surface area (Å²) in [5.74, 6) is -1.31. The number of methoxy groups -OCH3 is 1. The van der Waals surface area contributed by atoms with E-state index in [1.54, 1.807) is 0 Å². The molecule has 1 aromatic rings. The van der Waals surface area contributed by atoms with Gasteiger partial charge in [0.05, 0.1) is 18.1 Å². The van der Waals surface area contributed by atoms with Crippen LogP contribution in [0.2, 0.25) is 0 Å². The third kappa shape index (κ3) is 2.37. The van der Waals surface area contributed by atoms with Gasteiger partial charge in [-0.25, -0.2) is 18.6 Å². The van der Waals surface area contributed by atoms with E-state index in [0.717, 1.165) is 7.11 Å². The molecule has 7 nitrogen and oxygen atoms in total. The number of aromatic nitrogens is 1. The summed E-state index contributed by atoms with van der Waals surface area (Å²) < 4.78 is 29.6. The molecule has 94 valence electrons. The van der Waals surface area contributed by atoms with Crippen molar-refractivity contribution in [3.63, 3.8) is 0 Å². The van der Waals surface area contributed by atoms with Gasteiger partial charge in [0.2, 0.25) is 0 Å². The van der Waals surface area contributed by atoms with Crippen molar-refractivity contribution in [2.45, 2.75) is 6.43 Å². The Hall–Kier alpha value is -2.63. The standard InChI is InChI=1S/C9H5F2N3O4/c1-18-9(15)6-5(14(16)17)2-4(3-12)13-7(6)8(10)11/h2,8H,1H3. The zero-order valence-electron chi connectivity index (χ0n) is 8.89. The van der Waals surface area contributed by atoms with Gasteiger partial charge in [-0.2, -0.15) is 5.26 Å². The summed E-state index contributed by atoms with van der Waals surface area (Å²) in [6.45, 7) is 0. The summed E-state index contributed by atoms with van der Waals surface area (Å²) in [5.41, 5.74) is -3.61. The number of nitrogens with zero attached hydrogens (tertiary/aromatic N) is 3. The fourth-order valence-electron chi connectivity index (χ4n) is 1.22. The minimum atomic E-state index is -3.24. The van der Waals surface area contributed by atoms with Gasteiger partial charge in [0.1, 0.15) is 17.5 Å². The average Bonchev–Trinajstić information content (AvgIpc) is 2.35. The summed E-state index contributed by atoms with van der Waals surface area (Å²) in [6.07, 6.45) is -3.24. The van der Waals surface area contributed by atoms with Gasteiger partial charge in [-0.05, 0) is 0 Å². The van der Waals surface area contributed by atoms with E-state index in [4.69, 9.17) is 5.26 Å². The van der Waals surface area contributed by atoms with Gasteiger partial charge >= 0.3 is 5.97 Å². The van der Waals surface area contributed by atoms with Crippen LogP contribution in [0.25, 0.3) is 0 Å². The molecule has 0 bridgehead atoms. The van der Waals surface area contributed by atoms with Crippen LogP contribution >= 0.6 is 0 Å². The Balaban J connectivity index is 3.67. The summed E-state index contributed by atoms with van der Waals surface area (Å²) in [7, 11) is 0.888. The van der Waals surface area contributed by atoms with Gasteiger partial charge in [-0.3, -0.25) is 10.1 Å². The SMILES string of the molecule is COC(=O)c1c([N+](=O)[O-])cc(C#N)nc1C(F)F. The predicted molar refractivity (Wildman–Crippen MR) is 51.9 cm³/mol. The molecular formula is C9H5F2N3O4. The highest BCUT2D eigenvalue weighted by Crippen LogP contribution is 2.29. The summed E-state index contributed by atoms with van der Waals surface area (Å²) in [6, 6.07) is 2.04. The van der Waals surface area contributed by atoms with Crippen LogP contribution < -0.4 is 0 Å². The van der Waals surface area contributed by atoms with Gasteiger partial charge in [0.25, 0.3) is 12.1 Å². The second kappa shape index (κ2) is 5.13. The smallest absolute Gasteiger partial charge is 0.347 e. The lowest BCUT2D eigenvalue weighted by atomic mass is 10.1. The molecule has 0 spiro atoms. The average molecular weight is 257 g/mol. The number of alkyl halides is 2. The van der Waals surface area contributed by atoms with E-state index in [1.165, 1.54) is 6.07 Å². The van der Waals surface area contributed by atoms with Crippen LogP contribution in [0.3, 0.4) is 0 Å². The Morgan fingerprint density at radius 2 is 2.28 bits per heavy atom. The van der Waals surface area contributed by atoms with Crippen LogP contribution in [0.1, 0.15) is 28.2 Å². The highest BCUT2D eigenvalue weighted by Gasteiger charge is 2.31. The van der Waals surface area contributed by atoms with Crippen LogP contribution in [0.15, 0.2) is 6.07 Å². The van der Waals surface area contributed by atoms with Crippen molar-refractivity contribution in [2.24, 2.45) is 0 Å². The van der Waals surface area contributed by atoms with E-state index in [-0.39, 0.29) is 0 Å². The fourth-order valence-corrected chi connectivity index (χ4v) is 1.22. The van der Waals surface area contributed by atoms with Crippen molar-refractivity contribution in [3.8, 4) is 6.07 Å². The zero-order chi connectivity index (χ0) is 13.9. The lowest BCUT2D eigenvalue weighted by Gasteiger charge is -2.07. The van der Waals surface area contributed by atoms with Crippen LogP contribution in [-0.2, 0) is 4.74 Å². The molecule has 9 heteroatoms. The lowest BCUT2D eigenvalue weighted by molar-refractivity contribution is -0.385. The first kappa shape index (κ1) is 13.4. The van der Waals surface area contributed by atoms with Crippen molar-refractivity contribution < 1.29 is 23.2 Å². The maximum Gasteiger partial charge on any atom is 0.347 e. The Morgan fingerprint density at radius 3 is 2.67 bits per heavy atom. The summed E-state index contributed by atoms with van der Waals surface area (Å²) >= 11 is 0. The van der Waals surface area contributed by atoms with Crippen molar-refractivity contribution in [2.75, 3.05) is 7.11 Å². The second-order valence-electron chi connectivity index (χ2n) is 2.95. The van der Waals surface area contributed by atoms with Crippen LogP contribution in [0.5, 0.6) is 0 Å². The number of carbonyl (C=O) groups is 1. The topological polar surface area (TPSA) is 106 Å². The Labute approximate surface area is 98.8 Å². The van der Waals surface area contributed by atoms with E-state index >= 15 is 0 Å². The third-order valence-corrected chi connectivity index (χ3v) is 1.93. The Kier molecular flexibility index (Phi) is 3.83. The van der Waals surface area contributed by atoms with Crippen molar-refractivity contribution in [3.05, 3.63) is 33.1 Å². The van der Waals surface area contributed by atoms with Crippen LogP contribution in [-0.4, -0.2) is 23.0 Å². The van der Waals surface area contributed by atoms with E-state index in [1.807, 2.05) is 0 Å². The Morgan fingerprint density at radius 1 is 1.67 bits per heavy atom. The zero-order valence-corrected chi connectivity index (χ0v) is 8.89. The molecule has 0 atom stereocenters. The molecule has 0 N–H and O–H groups in total. The molecule has 0 aliphatic heterocycles. The van der Waals surface area contributed by atoms with E-state index < -0.39 is 40.0 Å². The molecule has 1 heterocycles. The predicted octanol–water partition coefficient (Wildman–Crippen LogP) is 1.59. The number of esters is 1. The normalized spacial score (nSPS) is 9.94. The fraction of sp³-hybridized carbons (Fsp3) is 0.222. The number of carbonyl (C=O) groups excluding carboxylic acids is 1. The van der Waals surface area contributed by atoms with Gasteiger partial charge in [0, 0.05) is 0 Å². The maximum absolute atomic E-state index is 12.7. The molecule has 0 saturated carbocycles. The lowest BCUT2D eigenvalue weighted by Crippen LogP contribution is -2.12. The van der Waals surface area contributed by atoms with E-state index in [9.17, 15) is 23.7 Å². The number of ether oxygens (including phenoxy) is 1. The monoisotopic (exact) mass is 257 g/mol. The highest BCUT2D eigenvalue weighted by atomic mass is 19.3. The molecule has 0 amide bonds. The quantitative estimate of drug-likeness (QED) is 0.462. The number of rotatable bonds is 3. The summed E-state index contributed by atoms with van der Waals surface area (Å²) in [5, 5.41) is 19.2. The molecule has 1 rings (SSSR count). The minimum absolute atomic E-state index is 0.579. The van der Waals surface area contributed by atoms with E-state index in [0.29, 0.717) is 6.07 Å². The van der Waals surface area contributed by atoms with Gasteiger partial charge in [-0.1, -0.05) is 0 Å². The largest absolute Gasteiger partial charge is 0.465 e. The molecule has 0 aromatic carbocycles. The molecule has 18 heavy (non-hydrogen) atoms. The molecule has 0 unspecified atom stereocenters. The molecule has 0 fully saturated rings. The number of nitriles is 1. The third-order valence-electron chi connectivity index (χ3n) is 1.93. The van der Waals surface area contributed by atoms with Crippen LogP contribution in [0.4, 0.5) is 14.5 Å². The van der Waals surface area contributed by atoms with Gasteiger partial charge < -0.3 is 4.74 Å². The van der Waals surface area contributed by atoms with Crippen LogP contribution in [0, 0.1) is 21.4 Å². The van der Waals surface area contributed by atoms with Crippen molar-refractivity contribution in [1.29, 1.82) is 5.26 Å². The molecule has 0 radical (unpaired) electrons. The molecular weight excluding hydrogens is 252 g/mol. The van der Waals surface area contributed by atoms with Gasteiger partial charge in [-0.15, -0.1) is 0 Å². The first-order chi connectivity index (χ1) is 8.42. The number of pyridine rings is 1.